The van der Waals surface area contributed by atoms with Crippen LogP contribution in [0.5, 0.6) is 0 Å². The van der Waals surface area contributed by atoms with Crippen LogP contribution < -0.4 is 5.32 Å². The second-order valence-electron chi connectivity index (χ2n) is 5.55. The highest BCUT2D eigenvalue weighted by Gasteiger charge is 2.19. The van der Waals surface area contributed by atoms with Crippen LogP contribution in [-0.4, -0.2) is 28.9 Å². The summed E-state index contributed by atoms with van der Waals surface area (Å²) in [6, 6.07) is 7.51. The summed E-state index contributed by atoms with van der Waals surface area (Å²) in [5.74, 6) is 0.0569. The number of carbonyl (C=O) groups excluding carboxylic acids is 1. The Labute approximate surface area is 135 Å². The zero-order chi connectivity index (χ0) is 15.5. The minimum atomic E-state index is 0.0569. The summed E-state index contributed by atoms with van der Waals surface area (Å²) in [6.07, 6.45) is 5.51. The Balaban J connectivity index is 1.80. The number of pyridine rings is 1. The van der Waals surface area contributed by atoms with Crippen molar-refractivity contribution in [1.29, 1.82) is 0 Å². The van der Waals surface area contributed by atoms with Crippen LogP contribution in [0.25, 0.3) is 0 Å². The van der Waals surface area contributed by atoms with Crippen molar-refractivity contribution in [3.8, 4) is 0 Å². The van der Waals surface area contributed by atoms with Crippen molar-refractivity contribution in [3.63, 3.8) is 0 Å². The highest BCUT2D eigenvalue weighted by Crippen LogP contribution is 2.24. The molecule has 0 unspecified atom stereocenters. The van der Waals surface area contributed by atoms with Crippen molar-refractivity contribution in [1.82, 2.24) is 9.88 Å². The van der Waals surface area contributed by atoms with Gasteiger partial charge < -0.3 is 10.2 Å². The van der Waals surface area contributed by atoms with Crippen LogP contribution in [0, 0.1) is 6.92 Å². The van der Waals surface area contributed by atoms with Crippen molar-refractivity contribution in [2.45, 2.75) is 19.8 Å². The average Bonchev–Trinajstić information content (AvgIpc) is 3.04. The molecule has 2 heterocycles. The third-order valence-electron chi connectivity index (χ3n) is 3.85. The minimum absolute atomic E-state index is 0.0569. The fraction of sp³-hybridized carbons (Fsp3) is 0.294. The maximum Gasteiger partial charge on any atom is 0.255 e. The number of rotatable bonds is 3. The molecule has 1 fully saturated rings. The van der Waals surface area contributed by atoms with Crippen LogP contribution in [0.4, 0.5) is 11.4 Å². The molecule has 0 spiro atoms. The zero-order valence-electron chi connectivity index (χ0n) is 12.5. The predicted molar refractivity (Wildman–Crippen MR) is 88.8 cm³/mol. The van der Waals surface area contributed by atoms with E-state index in [0.29, 0.717) is 10.6 Å². The van der Waals surface area contributed by atoms with Gasteiger partial charge in [-0.05, 0) is 49.6 Å². The summed E-state index contributed by atoms with van der Waals surface area (Å²) in [5.41, 5.74) is 3.43. The molecule has 1 aliphatic rings. The first-order valence-electron chi connectivity index (χ1n) is 7.41. The Morgan fingerprint density at radius 3 is 2.73 bits per heavy atom. The van der Waals surface area contributed by atoms with Gasteiger partial charge in [0.15, 0.2) is 0 Å². The topological polar surface area (TPSA) is 45.2 Å². The molecule has 22 heavy (non-hydrogen) atoms. The summed E-state index contributed by atoms with van der Waals surface area (Å²) in [6.45, 7) is 3.67. The van der Waals surface area contributed by atoms with Gasteiger partial charge >= 0.3 is 0 Å². The lowest BCUT2D eigenvalue weighted by molar-refractivity contribution is 0.0792. The predicted octanol–water partition coefficient (Wildman–Crippen LogP) is 4.02. The van der Waals surface area contributed by atoms with Gasteiger partial charge in [-0.1, -0.05) is 11.6 Å². The number of nitrogens with one attached hydrogen (secondary N) is 1. The number of nitrogens with zero attached hydrogens (tertiary/aromatic N) is 2. The van der Waals surface area contributed by atoms with E-state index in [1.807, 2.05) is 36.1 Å². The Bertz CT molecular complexity index is 696. The standard InChI is InChI=1S/C17H18ClN3O/c1-12-8-14(18)4-5-16(12)20-15-9-13(10-19-11-15)17(22)21-6-2-3-7-21/h4-5,8-11,20H,2-3,6-7H2,1H3. The van der Waals surface area contributed by atoms with Crippen LogP contribution in [-0.2, 0) is 0 Å². The highest BCUT2D eigenvalue weighted by molar-refractivity contribution is 6.30. The lowest BCUT2D eigenvalue weighted by atomic mass is 10.2. The summed E-state index contributed by atoms with van der Waals surface area (Å²) >= 11 is 5.97. The fourth-order valence-electron chi connectivity index (χ4n) is 2.65. The first-order valence-corrected chi connectivity index (χ1v) is 7.79. The molecule has 0 bridgehead atoms. The molecular formula is C17H18ClN3O. The summed E-state index contributed by atoms with van der Waals surface area (Å²) in [7, 11) is 0. The Kier molecular flexibility index (Phi) is 4.29. The van der Waals surface area contributed by atoms with Gasteiger partial charge in [0.25, 0.3) is 5.91 Å². The molecule has 0 aliphatic carbocycles. The van der Waals surface area contributed by atoms with Crippen molar-refractivity contribution in [2.75, 3.05) is 18.4 Å². The molecular weight excluding hydrogens is 298 g/mol. The molecule has 2 aromatic rings. The number of benzene rings is 1. The minimum Gasteiger partial charge on any atom is -0.354 e. The molecule has 5 heteroatoms. The first kappa shape index (κ1) is 14.9. The molecule has 0 saturated carbocycles. The number of hydrogen-bond acceptors (Lipinski definition) is 3. The highest BCUT2D eigenvalue weighted by atomic mass is 35.5. The van der Waals surface area contributed by atoms with Gasteiger partial charge in [0.2, 0.25) is 0 Å². The lowest BCUT2D eigenvalue weighted by Gasteiger charge is -2.16. The Morgan fingerprint density at radius 1 is 1.23 bits per heavy atom. The van der Waals surface area contributed by atoms with E-state index in [1.165, 1.54) is 0 Å². The molecule has 1 aliphatic heterocycles. The van der Waals surface area contributed by atoms with Crippen LogP contribution in [0.3, 0.4) is 0 Å². The van der Waals surface area contributed by atoms with E-state index in [1.54, 1.807) is 12.4 Å². The molecule has 1 aromatic heterocycles. The molecule has 0 radical (unpaired) electrons. The van der Waals surface area contributed by atoms with E-state index in [2.05, 4.69) is 10.3 Å². The lowest BCUT2D eigenvalue weighted by Crippen LogP contribution is -2.27. The summed E-state index contributed by atoms with van der Waals surface area (Å²) in [4.78, 5) is 18.5. The van der Waals surface area contributed by atoms with Crippen molar-refractivity contribution < 1.29 is 4.79 Å². The quantitative estimate of drug-likeness (QED) is 0.930. The van der Waals surface area contributed by atoms with E-state index in [-0.39, 0.29) is 5.91 Å². The molecule has 0 atom stereocenters. The maximum atomic E-state index is 12.4. The van der Waals surface area contributed by atoms with Crippen LogP contribution in [0.1, 0.15) is 28.8 Å². The SMILES string of the molecule is Cc1cc(Cl)ccc1Nc1cncc(C(=O)N2CCCC2)c1. The molecule has 3 rings (SSSR count). The van der Waals surface area contributed by atoms with Crippen molar-refractivity contribution in [2.24, 2.45) is 0 Å². The van der Waals surface area contributed by atoms with E-state index >= 15 is 0 Å². The number of anilines is 2. The van der Waals surface area contributed by atoms with Crippen LogP contribution in [0.2, 0.25) is 5.02 Å². The third-order valence-corrected chi connectivity index (χ3v) is 4.08. The number of amides is 1. The summed E-state index contributed by atoms with van der Waals surface area (Å²) in [5, 5.41) is 4.00. The second-order valence-corrected chi connectivity index (χ2v) is 5.98. The maximum absolute atomic E-state index is 12.4. The van der Waals surface area contributed by atoms with Crippen LogP contribution in [0.15, 0.2) is 36.7 Å². The molecule has 1 aromatic carbocycles. The van der Waals surface area contributed by atoms with E-state index < -0.39 is 0 Å². The molecule has 4 nitrogen and oxygen atoms in total. The zero-order valence-corrected chi connectivity index (χ0v) is 13.2. The van der Waals surface area contributed by atoms with Gasteiger partial charge in [-0.3, -0.25) is 9.78 Å². The van der Waals surface area contributed by atoms with Gasteiger partial charge in [0.1, 0.15) is 0 Å². The van der Waals surface area contributed by atoms with Crippen LogP contribution >= 0.6 is 11.6 Å². The largest absolute Gasteiger partial charge is 0.354 e. The smallest absolute Gasteiger partial charge is 0.255 e. The van der Waals surface area contributed by atoms with Gasteiger partial charge in [0.05, 0.1) is 17.4 Å². The number of hydrogen-bond donors (Lipinski definition) is 1. The van der Waals surface area contributed by atoms with Gasteiger partial charge in [0, 0.05) is 30.0 Å². The van der Waals surface area contributed by atoms with Gasteiger partial charge in [-0.2, -0.15) is 0 Å². The molecule has 1 amide bonds. The van der Waals surface area contributed by atoms with E-state index in [4.69, 9.17) is 11.6 Å². The summed E-state index contributed by atoms with van der Waals surface area (Å²) < 4.78 is 0. The molecule has 114 valence electrons. The van der Waals surface area contributed by atoms with E-state index in [0.717, 1.165) is 42.9 Å². The van der Waals surface area contributed by atoms with Gasteiger partial charge in [-0.15, -0.1) is 0 Å². The third kappa shape index (κ3) is 3.22. The van der Waals surface area contributed by atoms with Gasteiger partial charge in [-0.25, -0.2) is 0 Å². The number of aromatic nitrogens is 1. The number of aryl methyl sites for hydroxylation is 1. The normalized spacial score (nSPS) is 14.2. The monoisotopic (exact) mass is 315 g/mol. The molecule has 1 N–H and O–H groups in total. The number of likely N-dealkylation sites (tertiary alicyclic amines) is 1. The second kappa shape index (κ2) is 6.36. The Morgan fingerprint density at radius 2 is 2.00 bits per heavy atom. The molecule has 1 saturated heterocycles. The fourth-order valence-corrected chi connectivity index (χ4v) is 2.88. The van der Waals surface area contributed by atoms with E-state index in [9.17, 15) is 4.79 Å². The number of carbonyl (C=O) groups is 1. The average molecular weight is 316 g/mol. The number of halogens is 1. The van der Waals surface area contributed by atoms with Crippen molar-refractivity contribution >= 4 is 28.9 Å². The Hall–Kier alpha value is -2.07. The first-order chi connectivity index (χ1) is 10.6. The van der Waals surface area contributed by atoms with Crippen molar-refractivity contribution in [3.05, 3.63) is 52.8 Å².